The maximum absolute atomic E-state index is 10.3. The van der Waals surface area contributed by atoms with Crippen LogP contribution in [-0.2, 0) is 4.79 Å². The van der Waals surface area contributed by atoms with Crippen LogP contribution in [0.1, 0.15) is 5.56 Å². The Balaban J connectivity index is 2.74. The number of rotatable bonds is 1. The van der Waals surface area contributed by atoms with Crippen molar-refractivity contribution in [1.82, 2.24) is 4.98 Å². The van der Waals surface area contributed by atoms with Crippen LogP contribution < -0.4 is 5.73 Å². The van der Waals surface area contributed by atoms with Crippen molar-refractivity contribution in [3.63, 3.8) is 0 Å². The molecule has 2 N–H and O–H groups in total. The Labute approximate surface area is 72.8 Å². The SMILES string of the molecule is Nc1nc2ccc([C]=O)cc2s1. The van der Waals surface area contributed by atoms with Crippen LogP contribution in [0.4, 0.5) is 5.13 Å². The monoisotopic (exact) mass is 177 g/mol. The normalized spacial score (nSPS) is 10.3. The number of thiazole rings is 1. The molecule has 0 amide bonds. The molecule has 12 heavy (non-hydrogen) atoms. The van der Waals surface area contributed by atoms with Crippen LogP contribution in [-0.4, -0.2) is 11.3 Å². The van der Waals surface area contributed by atoms with Crippen molar-refractivity contribution in [1.29, 1.82) is 0 Å². The van der Waals surface area contributed by atoms with E-state index in [9.17, 15) is 4.79 Å². The van der Waals surface area contributed by atoms with Gasteiger partial charge in [0, 0.05) is 5.56 Å². The van der Waals surface area contributed by atoms with Crippen LogP contribution in [0, 0.1) is 0 Å². The number of hydrogen-bond donors (Lipinski definition) is 1. The van der Waals surface area contributed by atoms with Crippen LogP contribution in [0.15, 0.2) is 18.2 Å². The number of hydrogen-bond acceptors (Lipinski definition) is 4. The van der Waals surface area contributed by atoms with E-state index in [4.69, 9.17) is 5.73 Å². The highest BCUT2D eigenvalue weighted by Gasteiger charge is 2.00. The summed E-state index contributed by atoms with van der Waals surface area (Å²) in [6.07, 6.45) is 1.82. The van der Waals surface area contributed by atoms with Crippen LogP contribution >= 0.6 is 11.3 Å². The van der Waals surface area contributed by atoms with Crippen LogP contribution in [0.25, 0.3) is 10.2 Å². The minimum atomic E-state index is 0.521. The average Bonchev–Trinajstić information content (AvgIpc) is 2.43. The summed E-state index contributed by atoms with van der Waals surface area (Å²) >= 11 is 1.37. The summed E-state index contributed by atoms with van der Waals surface area (Å²) in [5.74, 6) is 0. The quantitative estimate of drug-likeness (QED) is 0.715. The third kappa shape index (κ3) is 1.06. The minimum absolute atomic E-state index is 0.521. The van der Waals surface area contributed by atoms with Crippen LogP contribution in [0.3, 0.4) is 0 Å². The lowest BCUT2D eigenvalue weighted by atomic mass is 10.2. The maximum Gasteiger partial charge on any atom is 0.233 e. The summed E-state index contributed by atoms with van der Waals surface area (Å²) < 4.78 is 0.924. The highest BCUT2D eigenvalue weighted by Crippen LogP contribution is 2.23. The van der Waals surface area contributed by atoms with Crippen molar-refractivity contribution in [3.8, 4) is 0 Å². The fraction of sp³-hybridized carbons (Fsp3) is 0. The van der Waals surface area contributed by atoms with E-state index in [1.54, 1.807) is 18.2 Å². The van der Waals surface area contributed by atoms with Gasteiger partial charge in [0.15, 0.2) is 5.13 Å². The van der Waals surface area contributed by atoms with Crippen molar-refractivity contribution in [3.05, 3.63) is 23.8 Å². The van der Waals surface area contributed by atoms with Gasteiger partial charge in [0.05, 0.1) is 10.2 Å². The lowest BCUT2D eigenvalue weighted by Gasteiger charge is -1.86. The molecule has 0 aliphatic carbocycles. The Morgan fingerprint density at radius 2 is 2.33 bits per heavy atom. The largest absolute Gasteiger partial charge is 0.375 e. The first-order chi connectivity index (χ1) is 5.79. The molecule has 1 radical (unpaired) electrons. The predicted octanol–water partition coefficient (Wildman–Crippen LogP) is 1.34. The van der Waals surface area contributed by atoms with Crippen molar-refractivity contribution in [2.24, 2.45) is 0 Å². The molecule has 0 aliphatic rings. The molecule has 0 saturated carbocycles. The lowest BCUT2D eigenvalue weighted by molar-refractivity contribution is 0.563. The third-order valence-electron chi connectivity index (χ3n) is 1.52. The average molecular weight is 177 g/mol. The van der Waals surface area contributed by atoms with Gasteiger partial charge in [-0.25, -0.2) is 4.98 Å². The molecule has 0 spiro atoms. The van der Waals surface area contributed by atoms with Crippen molar-refractivity contribution in [2.75, 3.05) is 5.73 Å². The third-order valence-corrected chi connectivity index (χ3v) is 2.37. The number of nitrogens with zero attached hydrogens (tertiary/aromatic N) is 1. The summed E-state index contributed by atoms with van der Waals surface area (Å²) in [5.41, 5.74) is 6.85. The summed E-state index contributed by atoms with van der Waals surface area (Å²) in [5, 5.41) is 0.521. The van der Waals surface area contributed by atoms with E-state index in [2.05, 4.69) is 4.98 Å². The maximum atomic E-state index is 10.3. The first-order valence-corrected chi connectivity index (χ1v) is 4.15. The fourth-order valence-corrected chi connectivity index (χ4v) is 1.78. The Bertz CT molecular complexity index is 436. The predicted molar refractivity (Wildman–Crippen MR) is 48.8 cm³/mol. The molecule has 2 aromatic rings. The van der Waals surface area contributed by atoms with E-state index in [-0.39, 0.29) is 0 Å². The molecule has 1 heterocycles. The summed E-state index contributed by atoms with van der Waals surface area (Å²) in [4.78, 5) is 14.3. The van der Waals surface area contributed by atoms with Gasteiger partial charge in [-0.05, 0) is 18.2 Å². The number of benzene rings is 1. The number of nitrogens with two attached hydrogens (primary N) is 1. The first-order valence-electron chi connectivity index (χ1n) is 3.34. The Morgan fingerprint density at radius 1 is 1.50 bits per heavy atom. The topological polar surface area (TPSA) is 56.0 Å². The molecule has 2 rings (SSSR count). The molecule has 0 atom stereocenters. The van der Waals surface area contributed by atoms with Crippen LogP contribution in [0.5, 0.6) is 0 Å². The molecule has 4 heteroatoms. The minimum Gasteiger partial charge on any atom is -0.375 e. The molecule has 3 nitrogen and oxygen atoms in total. The highest BCUT2D eigenvalue weighted by atomic mass is 32.1. The van der Waals surface area contributed by atoms with E-state index < -0.39 is 0 Å². The number of carbonyl (C=O) groups excluding carboxylic acids is 1. The van der Waals surface area contributed by atoms with Gasteiger partial charge in [0.25, 0.3) is 0 Å². The zero-order valence-electron chi connectivity index (χ0n) is 6.07. The van der Waals surface area contributed by atoms with Gasteiger partial charge in [-0.1, -0.05) is 11.3 Å². The molecule has 0 bridgehead atoms. The van der Waals surface area contributed by atoms with Crippen molar-refractivity contribution >= 4 is 33.0 Å². The highest BCUT2D eigenvalue weighted by molar-refractivity contribution is 7.22. The molecule has 0 saturated heterocycles. The van der Waals surface area contributed by atoms with Gasteiger partial charge in [0.1, 0.15) is 0 Å². The summed E-state index contributed by atoms with van der Waals surface area (Å²) in [7, 11) is 0. The molecular weight excluding hydrogens is 172 g/mol. The molecule has 59 valence electrons. The number of aromatic nitrogens is 1. The van der Waals surface area contributed by atoms with Gasteiger partial charge in [0.2, 0.25) is 6.29 Å². The van der Waals surface area contributed by atoms with E-state index in [1.807, 2.05) is 6.29 Å². The standard InChI is InChI=1S/C8H5N2OS/c9-8-10-6-2-1-5(4-11)3-7(6)12-8/h1-3H,(H2,9,10). The van der Waals surface area contributed by atoms with E-state index >= 15 is 0 Å². The molecular formula is C8H5N2OS. The van der Waals surface area contributed by atoms with Crippen molar-refractivity contribution < 1.29 is 4.79 Å². The van der Waals surface area contributed by atoms with Gasteiger partial charge in [-0.3, -0.25) is 4.79 Å². The molecule has 0 aliphatic heterocycles. The Morgan fingerprint density at radius 3 is 3.08 bits per heavy atom. The van der Waals surface area contributed by atoms with E-state index in [0.717, 1.165) is 10.2 Å². The molecule has 1 aromatic carbocycles. The number of fused-ring (bicyclic) bond motifs is 1. The van der Waals surface area contributed by atoms with Crippen LogP contribution in [0.2, 0.25) is 0 Å². The van der Waals surface area contributed by atoms with E-state index in [1.165, 1.54) is 11.3 Å². The zero-order valence-corrected chi connectivity index (χ0v) is 6.89. The lowest BCUT2D eigenvalue weighted by Crippen LogP contribution is -1.79. The Kier molecular flexibility index (Phi) is 1.55. The Hall–Kier alpha value is -1.42. The number of nitrogen functional groups attached to an aromatic ring is 1. The second kappa shape index (κ2) is 2.57. The second-order valence-corrected chi connectivity index (χ2v) is 3.40. The molecule has 0 unspecified atom stereocenters. The number of anilines is 1. The van der Waals surface area contributed by atoms with Gasteiger partial charge in [-0.2, -0.15) is 0 Å². The zero-order chi connectivity index (χ0) is 8.55. The fourth-order valence-electron chi connectivity index (χ4n) is 1.01. The molecule has 1 aromatic heterocycles. The summed E-state index contributed by atoms with van der Waals surface area (Å²) in [6.45, 7) is 0. The summed E-state index contributed by atoms with van der Waals surface area (Å²) in [6, 6.07) is 5.17. The van der Waals surface area contributed by atoms with Crippen molar-refractivity contribution in [2.45, 2.75) is 0 Å². The first kappa shape index (κ1) is 7.24. The van der Waals surface area contributed by atoms with Gasteiger partial charge < -0.3 is 5.73 Å². The van der Waals surface area contributed by atoms with Gasteiger partial charge in [-0.15, -0.1) is 0 Å². The smallest absolute Gasteiger partial charge is 0.233 e. The van der Waals surface area contributed by atoms with E-state index in [0.29, 0.717) is 10.7 Å². The molecule has 0 fully saturated rings. The van der Waals surface area contributed by atoms with Gasteiger partial charge >= 0.3 is 0 Å². The second-order valence-electron chi connectivity index (χ2n) is 2.34.